The van der Waals surface area contributed by atoms with E-state index in [0.717, 1.165) is 47.8 Å². The molecule has 0 saturated carbocycles. The van der Waals surface area contributed by atoms with Crippen molar-refractivity contribution in [3.05, 3.63) is 46.9 Å². The third-order valence-corrected chi connectivity index (χ3v) is 6.21. The molecular formula is C24H30N4O3. The summed E-state index contributed by atoms with van der Waals surface area (Å²) in [6, 6.07) is 7.73. The minimum atomic E-state index is -0.0182. The largest absolute Gasteiger partial charge is 0.496 e. The van der Waals surface area contributed by atoms with Gasteiger partial charge in [0.05, 0.1) is 20.1 Å². The third kappa shape index (κ3) is 4.13. The zero-order valence-corrected chi connectivity index (χ0v) is 18.7. The van der Waals surface area contributed by atoms with Gasteiger partial charge in [-0.15, -0.1) is 0 Å². The number of fused-ring (bicyclic) bond motifs is 1. The molecule has 0 N–H and O–H groups in total. The molecule has 2 aromatic rings. The number of carbonyl (C=O) groups is 2. The first-order valence-corrected chi connectivity index (χ1v) is 11.0. The number of carbonyl (C=O) groups excluding carboxylic acids is 2. The van der Waals surface area contributed by atoms with Gasteiger partial charge < -0.3 is 9.64 Å². The number of aryl methyl sites for hydroxylation is 1. The second kappa shape index (κ2) is 8.65. The highest BCUT2D eigenvalue weighted by molar-refractivity contribution is 6.00. The number of hydrogen-bond donors (Lipinski definition) is 0. The van der Waals surface area contributed by atoms with Crippen molar-refractivity contribution < 1.29 is 14.3 Å². The van der Waals surface area contributed by atoms with E-state index in [1.165, 1.54) is 0 Å². The summed E-state index contributed by atoms with van der Waals surface area (Å²) in [7, 11) is 1.64. The van der Waals surface area contributed by atoms with Crippen LogP contribution in [0.3, 0.4) is 0 Å². The van der Waals surface area contributed by atoms with E-state index < -0.39 is 0 Å². The van der Waals surface area contributed by atoms with Gasteiger partial charge in [0.2, 0.25) is 11.8 Å². The lowest BCUT2D eigenvalue weighted by atomic mass is 9.95. The number of para-hydroxylation sites is 1. The summed E-state index contributed by atoms with van der Waals surface area (Å²) < 4.78 is 5.47. The Kier molecular flexibility index (Phi) is 5.94. The van der Waals surface area contributed by atoms with Crippen molar-refractivity contribution in [2.75, 3.05) is 25.1 Å². The molecule has 7 nitrogen and oxygen atoms in total. The van der Waals surface area contributed by atoms with Gasteiger partial charge in [-0.05, 0) is 25.8 Å². The second-order valence-corrected chi connectivity index (χ2v) is 8.72. The number of rotatable bonds is 5. The fraction of sp³-hybridized carbons (Fsp3) is 0.500. The van der Waals surface area contributed by atoms with Crippen LogP contribution in [0.4, 0.5) is 5.82 Å². The Morgan fingerprint density at radius 1 is 1.26 bits per heavy atom. The summed E-state index contributed by atoms with van der Waals surface area (Å²) >= 11 is 0. The van der Waals surface area contributed by atoms with Crippen LogP contribution in [0.1, 0.15) is 55.3 Å². The molecule has 0 bridgehead atoms. The topological polar surface area (TPSA) is 75.6 Å². The van der Waals surface area contributed by atoms with Gasteiger partial charge in [-0.25, -0.2) is 9.97 Å². The Hall–Kier alpha value is -2.96. The number of methoxy groups -OCH3 is 1. The molecule has 1 aromatic carbocycles. The standard InChI is InChI=1S/C24H30N4O3/c1-15(2)24(30)27-11-7-9-18(13-27)22-25-16(3)19-12-21(29)28(23(19)26-22)14-17-8-5-6-10-20(17)31-4/h5-6,8,10,15,18H,7,9,11-14H2,1-4H3. The van der Waals surface area contributed by atoms with Crippen molar-refractivity contribution in [3.8, 4) is 5.75 Å². The number of aromatic nitrogens is 2. The highest BCUT2D eigenvalue weighted by Gasteiger charge is 2.34. The molecule has 1 fully saturated rings. The quantitative estimate of drug-likeness (QED) is 0.739. The average Bonchev–Trinajstić information content (AvgIpc) is 3.09. The van der Waals surface area contributed by atoms with Crippen molar-refractivity contribution in [2.24, 2.45) is 5.92 Å². The maximum atomic E-state index is 12.9. The first kappa shape index (κ1) is 21.3. The molecule has 2 amide bonds. The highest BCUT2D eigenvalue weighted by atomic mass is 16.5. The van der Waals surface area contributed by atoms with E-state index in [4.69, 9.17) is 14.7 Å². The van der Waals surface area contributed by atoms with Gasteiger partial charge in [-0.2, -0.15) is 0 Å². The predicted octanol–water partition coefficient (Wildman–Crippen LogP) is 3.24. The highest BCUT2D eigenvalue weighted by Crippen LogP contribution is 2.34. The van der Waals surface area contributed by atoms with Crippen molar-refractivity contribution in [2.45, 2.75) is 52.5 Å². The minimum absolute atomic E-state index is 0.0182. The molecule has 0 radical (unpaired) electrons. The molecule has 4 rings (SSSR count). The molecule has 0 spiro atoms. The fourth-order valence-corrected chi connectivity index (χ4v) is 4.50. The van der Waals surface area contributed by atoms with E-state index in [9.17, 15) is 9.59 Å². The summed E-state index contributed by atoms with van der Waals surface area (Å²) in [5, 5.41) is 0. The normalized spacial score (nSPS) is 18.5. The number of piperidine rings is 1. The van der Waals surface area contributed by atoms with Gasteiger partial charge in [0.15, 0.2) is 0 Å². The molecular weight excluding hydrogens is 392 g/mol. The van der Waals surface area contributed by atoms with Gasteiger partial charge in [0, 0.05) is 41.7 Å². The van der Waals surface area contributed by atoms with Crippen molar-refractivity contribution in [1.82, 2.24) is 14.9 Å². The Balaban J connectivity index is 1.63. The van der Waals surface area contributed by atoms with E-state index >= 15 is 0 Å². The molecule has 2 aliphatic rings. The van der Waals surface area contributed by atoms with Crippen LogP contribution >= 0.6 is 0 Å². The number of hydrogen-bond acceptors (Lipinski definition) is 5. The zero-order chi connectivity index (χ0) is 22.1. The van der Waals surface area contributed by atoms with E-state index in [1.807, 2.05) is 49.9 Å². The summed E-state index contributed by atoms with van der Waals surface area (Å²) in [5.74, 6) is 2.46. The van der Waals surface area contributed by atoms with Crippen LogP contribution in [-0.2, 0) is 22.6 Å². The maximum Gasteiger partial charge on any atom is 0.233 e. The monoisotopic (exact) mass is 422 g/mol. The van der Waals surface area contributed by atoms with E-state index in [2.05, 4.69) is 0 Å². The molecule has 1 unspecified atom stereocenters. The van der Waals surface area contributed by atoms with Crippen LogP contribution in [0.2, 0.25) is 0 Å². The molecule has 1 saturated heterocycles. The number of benzene rings is 1. The number of nitrogens with zero attached hydrogens (tertiary/aromatic N) is 4. The first-order valence-electron chi connectivity index (χ1n) is 11.0. The Bertz CT molecular complexity index is 1000. The SMILES string of the molecule is COc1ccccc1CN1C(=O)Cc2c(C)nc(C3CCCN(C(=O)C(C)C)C3)nc21. The number of amides is 2. The molecule has 164 valence electrons. The van der Waals surface area contributed by atoms with Crippen LogP contribution in [0.25, 0.3) is 0 Å². The van der Waals surface area contributed by atoms with Gasteiger partial charge in [0.1, 0.15) is 17.4 Å². The number of likely N-dealkylation sites (tertiary alicyclic amines) is 1. The average molecular weight is 423 g/mol. The van der Waals surface area contributed by atoms with Crippen LogP contribution in [-0.4, -0.2) is 46.9 Å². The van der Waals surface area contributed by atoms with E-state index in [1.54, 1.807) is 12.0 Å². The molecule has 3 heterocycles. The summed E-state index contributed by atoms with van der Waals surface area (Å²) in [6.45, 7) is 7.65. The van der Waals surface area contributed by atoms with Gasteiger partial charge in [-0.3, -0.25) is 14.5 Å². The lowest BCUT2D eigenvalue weighted by Gasteiger charge is -2.33. The van der Waals surface area contributed by atoms with Crippen LogP contribution in [0, 0.1) is 12.8 Å². The predicted molar refractivity (Wildman–Crippen MR) is 118 cm³/mol. The van der Waals surface area contributed by atoms with Gasteiger partial charge in [-0.1, -0.05) is 32.0 Å². The fourth-order valence-electron chi connectivity index (χ4n) is 4.50. The lowest BCUT2D eigenvalue weighted by Crippen LogP contribution is -2.41. The third-order valence-electron chi connectivity index (χ3n) is 6.21. The van der Waals surface area contributed by atoms with Crippen molar-refractivity contribution in [1.29, 1.82) is 0 Å². The maximum absolute atomic E-state index is 12.9. The van der Waals surface area contributed by atoms with E-state index in [-0.39, 0.29) is 23.7 Å². The van der Waals surface area contributed by atoms with Crippen LogP contribution in [0.15, 0.2) is 24.3 Å². The zero-order valence-electron chi connectivity index (χ0n) is 18.7. The first-order chi connectivity index (χ1) is 14.9. The molecule has 1 atom stereocenters. The van der Waals surface area contributed by atoms with Crippen LogP contribution < -0.4 is 9.64 Å². The van der Waals surface area contributed by atoms with Gasteiger partial charge in [0.25, 0.3) is 0 Å². The molecule has 1 aromatic heterocycles. The Morgan fingerprint density at radius 3 is 2.77 bits per heavy atom. The number of ether oxygens (including phenoxy) is 1. The smallest absolute Gasteiger partial charge is 0.233 e. The molecule has 7 heteroatoms. The lowest BCUT2D eigenvalue weighted by molar-refractivity contribution is -0.135. The van der Waals surface area contributed by atoms with Crippen LogP contribution in [0.5, 0.6) is 5.75 Å². The minimum Gasteiger partial charge on any atom is -0.496 e. The second-order valence-electron chi connectivity index (χ2n) is 8.72. The molecule has 0 aliphatic carbocycles. The van der Waals surface area contributed by atoms with Gasteiger partial charge >= 0.3 is 0 Å². The Morgan fingerprint density at radius 2 is 2.03 bits per heavy atom. The molecule has 31 heavy (non-hydrogen) atoms. The summed E-state index contributed by atoms with van der Waals surface area (Å²) in [4.78, 5) is 38.7. The number of anilines is 1. The van der Waals surface area contributed by atoms with E-state index in [0.29, 0.717) is 25.3 Å². The summed E-state index contributed by atoms with van der Waals surface area (Å²) in [5.41, 5.74) is 2.69. The molecule has 2 aliphatic heterocycles. The Labute approximate surface area is 183 Å². The van der Waals surface area contributed by atoms with Crippen molar-refractivity contribution in [3.63, 3.8) is 0 Å². The summed E-state index contributed by atoms with van der Waals surface area (Å²) in [6.07, 6.45) is 2.20. The van der Waals surface area contributed by atoms with Crippen molar-refractivity contribution >= 4 is 17.6 Å².